The van der Waals surface area contributed by atoms with E-state index < -0.39 is 15.7 Å². The topological polar surface area (TPSA) is 18.5 Å². The molecule has 0 aliphatic carbocycles. The number of rotatable bonds is 4. The maximum absolute atomic E-state index is 5.82. The first kappa shape index (κ1) is 12.6. The quantitative estimate of drug-likeness (QED) is 0.750. The van der Waals surface area contributed by atoms with Gasteiger partial charge >= 0.3 is 8.08 Å². The lowest BCUT2D eigenvalue weighted by Crippen LogP contribution is -2.69. The van der Waals surface area contributed by atoms with E-state index in [1.54, 1.807) is 14.2 Å². The van der Waals surface area contributed by atoms with E-state index in [9.17, 15) is 0 Å². The van der Waals surface area contributed by atoms with E-state index in [1.807, 2.05) is 6.07 Å². The van der Waals surface area contributed by atoms with E-state index in [2.05, 4.69) is 43.9 Å². The molecule has 2 nitrogen and oxygen atoms in total. The summed E-state index contributed by atoms with van der Waals surface area (Å²) in [6, 6.07) is 10.4. The summed E-state index contributed by atoms with van der Waals surface area (Å²) in [6.07, 6.45) is 0. The Morgan fingerprint density at radius 3 is 1.67 bits per heavy atom. The molecule has 0 aliphatic heterocycles. The summed E-state index contributed by atoms with van der Waals surface area (Å²) in [5.74, 6) is 0. The molecule has 0 bridgehead atoms. The van der Waals surface area contributed by atoms with Crippen molar-refractivity contribution >= 4 is 20.9 Å². The third-order valence-corrected chi connectivity index (χ3v) is 14.9. The Hall–Kier alpha value is -0.426. The molecule has 1 rings (SSSR count). The van der Waals surface area contributed by atoms with Crippen LogP contribution in [0.5, 0.6) is 0 Å². The zero-order valence-corrected chi connectivity index (χ0v) is 12.2. The van der Waals surface area contributed by atoms with Gasteiger partial charge in [0.15, 0.2) is 0 Å². The average molecular weight is 240 g/mol. The predicted octanol–water partition coefficient (Wildman–Crippen LogP) is 2.05. The minimum absolute atomic E-state index is 1.24. The van der Waals surface area contributed by atoms with Gasteiger partial charge in [0.1, 0.15) is 7.59 Å². The number of hydrogen-bond donors (Lipinski definition) is 0. The van der Waals surface area contributed by atoms with Crippen LogP contribution in [0.15, 0.2) is 30.3 Å². The number of hydrogen-bond acceptors (Lipinski definition) is 2. The van der Waals surface area contributed by atoms with Crippen molar-refractivity contribution < 1.29 is 8.85 Å². The normalized spacial score (nSPS) is 12.9. The fourth-order valence-electron chi connectivity index (χ4n) is 2.02. The molecule has 0 N–H and O–H groups in total. The fraction of sp³-hybridized carbons (Fsp3) is 0.455. The molecule has 84 valence electrons. The Balaban J connectivity index is 3.24. The molecule has 0 saturated heterocycles. The van der Waals surface area contributed by atoms with Gasteiger partial charge in [0.25, 0.3) is 0 Å². The van der Waals surface area contributed by atoms with Crippen LogP contribution in [0.25, 0.3) is 0 Å². The van der Waals surface area contributed by atoms with Crippen molar-refractivity contribution in [3.63, 3.8) is 0 Å². The first-order valence-corrected chi connectivity index (χ1v) is 11.5. The van der Waals surface area contributed by atoms with E-state index in [-0.39, 0.29) is 0 Å². The minimum atomic E-state index is -2.18. The Kier molecular flexibility index (Phi) is 3.89. The van der Waals surface area contributed by atoms with Gasteiger partial charge in [0.2, 0.25) is 0 Å². The van der Waals surface area contributed by atoms with Crippen LogP contribution in [-0.4, -0.2) is 29.9 Å². The van der Waals surface area contributed by atoms with Crippen LogP contribution in [0.1, 0.15) is 0 Å². The third-order valence-electron chi connectivity index (χ3n) is 2.72. The average Bonchev–Trinajstić information content (AvgIpc) is 2.20. The van der Waals surface area contributed by atoms with Gasteiger partial charge in [-0.15, -0.1) is 0 Å². The van der Waals surface area contributed by atoms with Crippen molar-refractivity contribution in [3.8, 4) is 0 Å². The molecule has 0 aliphatic rings. The summed E-state index contributed by atoms with van der Waals surface area (Å²) in [7, 11) is -0.108. The molecular formula is C11H20O2Si2. The van der Waals surface area contributed by atoms with E-state index in [0.717, 1.165) is 0 Å². The molecule has 0 aromatic heterocycles. The van der Waals surface area contributed by atoms with Crippen LogP contribution < -0.4 is 5.19 Å². The molecule has 0 saturated carbocycles. The molecule has 4 heteroatoms. The van der Waals surface area contributed by atoms with Crippen LogP contribution in [0, 0.1) is 0 Å². The first-order chi connectivity index (χ1) is 6.98. The fourth-order valence-corrected chi connectivity index (χ4v) is 12.2. The third kappa shape index (κ3) is 2.23. The molecule has 15 heavy (non-hydrogen) atoms. The Morgan fingerprint density at radius 2 is 1.33 bits per heavy atom. The van der Waals surface area contributed by atoms with Crippen molar-refractivity contribution in [1.82, 2.24) is 0 Å². The molecule has 0 spiro atoms. The monoisotopic (exact) mass is 240 g/mol. The van der Waals surface area contributed by atoms with Gasteiger partial charge in [0, 0.05) is 14.2 Å². The van der Waals surface area contributed by atoms with Gasteiger partial charge in [-0.1, -0.05) is 50.0 Å². The highest BCUT2D eigenvalue weighted by atomic mass is 29.3. The summed E-state index contributed by atoms with van der Waals surface area (Å²) >= 11 is 0. The summed E-state index contributed by atoms with van der Waals surface area (Å²) in [4.78, 5) is 0. The van der Waals surface area contributed by atoms with Gasteiger partial charge in [-0.25, -0.2) is 0 Å². The molecule has 1 aromatic rings. The molecule has 0 amide bonds. The van der Waals surface area contributed by atoms with Crippen LogP contribution in [0.4, 0.5) is 0 Å². The van der Waals surface area contributed by atoms with E-state index in [0.29, 0.717) is 0 Å². The lowest BCUT2D eigenvalue weighted by molar-refractivity contribution is 0.277. The van der Waals surface area contributed by atoms with Crippen LogP contribution in [0.3, 0.4) is 0 Å². The van der Waals surface area contributed by atoms with E-state index in [4.69, 9.17) is 8.85 Å². The molecule has 0 fully saturated rings. The molecule has 0 heterocycles. The Bertz CT molecular complexity index is 302. The zero-order chi connectivity index (χ0) is 11.5. The summed E-state index contributed by atoms with van der Waals surface area (Å²) in [6.45, 7) is 6.91. The number of benzene rings is 1. The Morgan fingerprint density at radius 1 is 0.867 bits per heavy atom. The summed E-state index contributed by atoms with van der Waals surface area (Å²) in [5, 5.41) is 1.24. The summed E-state index contributed by atoms with van der Waals surface area (Å²) in [5.41, 5.74) is 0. The largest absolute Gasteiger partial charge is 0.397 e. The first-order valence-electron chi connectivity index (χ1n) is 5.14. The molecular weight excluding hydrogens is 220 g/mol. The molecule has 0 unspecified atom stereocenters. The second-order valence-electron chi connectivity index (χ2n) is 4.64. The maximum Gasteiger partial charge on any atom is 0.348 e. The van der Waals surface area contributed by atoms with Crippen molar-refractivity contribution in [3.05, 3.63) is 30.3 Å². The highest BCUT2D eigenvalue weighted by molar-refractivity contribution is 7.40. The SMILES string of the molecule is CO[Si](OC)(c1ccccc1)[Si](C)(C)C. The van der Waals surface area contributed by atoms with Gasteiger partial charge < -0.3 is 8.85 Å². The zero-order valence-electron chi connectivity index (χ0n) is 10.2. The maximum atomic E-state index is 5.82. The second-order valence-corrected chi connectivity index (χ2v) is 18.2. The highest BCUT2D eigenvalue weighted by Crippen LogP contribution is 2.20. The smallest absolute Gasteiger partial charge is 0.348 e. The lowest BCUT2D eigenvalue weighted by Gasteiger charge is -2.37. The van der Waals surface area contributed by atoms with Gasteiger partial charge in [-0.2, -0.15) is 0 Å². The molecule has 1 aromatic carbocycles. The summed E-state index contributed by atoms with van der Waals surface area (Å²) < 4.78 is 11.6. The van der Waals surface area contributed by atoms with Crippen LogP contribution in [-0.2, 0) is 8.85 Å². The van der Waals surface area contributed by atoms with Crippen molar-refractivity contribution in [2.45, 2.75) is 19.6 Å². The van der Waals surface area contributed by atoms with Gasteiger partial charge in [-0.05, 0) is 5.19 Å². The van der Waals surface area contributed by atoms with E-state index in [1.165, 1.54) is 5.19 Å². The van der Waals surface area contributed by atoms with Crippen molar-refractivity contribution in [2.75, 3.05) is 14.2 Å². The van der Waals surface area contributed by atoms with Gasteiger partial charge in [0.05, 0.1) is 0 Å². The predicted molar refractivity (Wildman–Crippen MR) is 69.2 cm³/mol. The van der Waals surface area contributed by atoms with Crippen LogP contribution >= 0.6 is 0 Å². The molecule has 0 radical (unpaired) electrons. The lowest BCUT2D eigenvalue weighted by atomic mass is 10.4. The Labute approximate surface area is 94.3 Å². The molecule has 0 atom stereocenters. The highest BCUT2D eigenvalue weighted by Gasteiger charge is 2.50. The van der Waals surface area contributed by atoms with Crippen LogP contribution in [0.2, 0.25) is 19.6 Å². The van der Waals surface area contributed by atoms with Crippen molar-refractivity contribution in [2.24, 2.45) is 0 Å². The van der Waals surface area contributed by atoms with Crippen molar-refractivity contribution in [1.29, 1.82) is 0 Å². The minimum Gasteiger partial charge on any atom is -0.397 e. The van der Waals surface area contributed by atoms with Gasteiger partial charge in [-0.3, -0.25) is 0 Å². The standard InChI is InChI=1S/C11H20O2Si2/c1-12-15(13-2,14(3,4)5)11-9-7-6-8-10-11/h6-10H,1-5H3. The van der Waals surface area contributed by atoms with E-state index >= 15 is 0 Å². The second kappa shape index (κ2) is 4.61.